The Morgan fingerprint density at radius 3 is 2.40 bits per heavy atom. The molecular weight excluding hydrogens is 244 g/mol. The summed E-state index contributed by atoms with van der Waals surface area (Å²) in [5.41, 5.74) is 0.473. The molecule has 0 aromatic rings. The number of rotatable bonds is 4. The predicted molar refractivity (Wildman–Crippen MR) is 88.0 cm³/mol. The molecule has 0 bridgehead atoms. The average Bonchev–Trinajstić information content (AvgIpc) is 2.89. The van der Waals surface area contributed by atoms with E-state index in [-0.39, 0.29) is 0 Å². The lowest BCUT2D eigenvalue weighted by Gasteiger charge is -2.42. The van der Waals surface area contributed by atoms with Crippen molar-refractivity contribution in [3.05, 3.63) is 0 Å². The molecule has 1 aliphatic carbocycles. The van der Waals surface area contributed by atoms with Crippen LogP contribution >= 0.6 is 0 Å². The molecule has 1 saturated carbocycles. The Bertz CT molecular complexity index is 294. The summed E-state index contributed by atoms with van der Waals surface area (Å²) in [6, 6.07) is 1.53. The van der Waals surface area contributed by atoms with Crippen molar-refractivity contribution >= 4 is 0 Å². The van der Waals surface area contributed by atoms with Crippen LogP contribution in [0.25, 0.3) is 0 Å². The lowest BCUT2D eigenvalue weighted by atomic mass is 9.79. The molecular formula is C18H36N2. The first-order valence-electron chi connectivity index (χ1n) is 8.93. The summed E-state index contributed by atoms with van der Waals surface area (Å²) in [5.74, 6) is 1.84. The van der Waals surface area contributed by atoms with Crippen LogP contribution in [0.1, 0.15) is 66.7 Å². The van der Waals surface area contributed by atoms with Gasteiger partial charge in [0.1, 0.15) is 0 Å². The lowest BCUT2D eigenvalue weighted by molar-refractivity contribution is 0.106. The molecule has 2 nitrogen and oxygen atoms in total. The van der Waals surface area contributed by atoms with Crippen molar-refractivity contribution in [2.45, 2.75) is 78.8 Å². The second-order valence-corrected chi connectivity index (χ2v) is 8.17. The van der Waals surface area contributed by atoms with Gasteiger partial charge in [-0.2, -0.15) is 0 Å². The van der Waals surface area contributed by atoms with E-state index in [9.17, 15) is 0 Å². The van der Waals surface area contributed by atoms with Gasteiger partial charge in [0.15, 0.2) is 0 Å². The Balaban J connectivity index is 2.00. The van der Waals surface area contributed by atoms with Gasteiger partial charge in [0.05, 0.1) is 0 Å². The van der Waals surface area contributed by atoms with E-state index in [1.807, 2.05) is 0 Å². The van der Waals surface area contributed by atoms with Crippen LogP contribution in [0.15, 0.2) is 0 Å². The Labute approximate surface area is 126 Å². The molecule has 1 saturated heterocycles. The fourth-order valence-corrected chi connectivity index (χ4v) is 4.30. The number of nitrogens with one attached hydrogen (secondary N) is 1. The minimum atomic E-state index is 0.473. The largest absolute Gasteiger partial charge is 0.313 e. The van der Waals surface area contributed by atoms with Gasteiger partial charge in [-0.25, -0.2) is 0 Å². The summed E-state index contributed by atoms with van der Waals surface area (Å²) in [7, 11) is 0. The van der Waals surface area contributed by atoms with Gasteiger partial charge in [0.25, 0.3) is 0 Å². The highest BCUT2D eigenvalue weighted by Crippen LogP contribution is 2.38. The second kappa shape index (κ2) is 6.79. The van der Waals surface area contributed by atoms with Gasteiger partial charge in [0.2, 0.25) is 0 Å². The zero-order valence-corrected chi connectivity index (χ0v) is 14.4. The summed E-state index contributed by atoms with van der Waals surface area (Å²) in [4.78, 5) is 2.82. The van der Waals surface area contributed by atoms with Crippen LogP contribution in [0.3, 0.4) is 0 Å². The van der Waals surface area contributed by atoms with Gasteiger partial charge in [-0.1, -0.05) is 41.0 Å². The van der Waals surface area contributed by atoms with Crippen LogP contribution in [0.5, 0.6) is 0 Å². The molecule has 2 fully saturated rings. The summed E-state index contributed by atoms with van der Waals surface area (Å²) in [6.07, 6.45) is 7.00. The van der Waals surface area contributed by atoms with E-state index in [4.69, 9.17) is 0 Å². The smallest absolute Gasteiger partial charge is 0.0252 e. The van der Waals surface area contributed by atoms with Crippen LogP contribution < -0.4 is 5.32 Å². The highest BCUT2D eigenvalue weighted by molar-refractivity contribution is 4.95. The number of likely N-dealkylation sites (tertiary alicyclic amines) is 1. The fourth-order valence-electron chi connectivity index (χ4n) is 4.30. The van der Waals surface area contributed by atoms with E-state index in [1.54, 1.807) is 0 Å². The molecule has 0 radical (unpaired) electrons. The van der Waals surface area contributed by atoms with E-state index in [1.165, 1.54) is 45.2 Å². The molecule has 4 atom stereocenters. The van der Waals surface area contributed by atoms with E-state index in [0.29, 0.717) is 5.41 Å². The van der Waals surface area contributed by atoms with Gasteiger partial charge in [-0.05, 0) is 56.0 Å². The zero-order chi connectivity index (χ0) is 14.8. The van der Waals surface area contributed by atoms with Gasteiger partial charge >= 0.3 is 0 Å². The molecule has 1 heterocycles. The molecule has 2 aliphatic rings. The van der Waals surface area contributed by atoms with Crippen LogP contribution in [0, 0.1) is 17.3 Å². The first kappa shape index (κ1) is 16.3. The molecule has 118 valence electrons. The third kappa shape index (κ3) is 3.76. The second-order valence-electron chi connectivity index (χ2n) is 8.17. The number of hydrogen-bond acceptors (Lipinski definition) is 2. The topological polar surface area (TPSA) is 15.3 Å². The van der Waals surface area contributed by atoms with E-state index in [0.717, 1.165) is 30.5 Å². The van der Waals surface area contributed by atoms with Gasteiger partial charge in [-0.15, -0.1) is 0 Å². The van der Waals surface area contributed by atoms with Crippen molar-refractivity contribution in [2.75, 3.05) is 19.6 Å². The summed E-state index contributed by atoms with van der Waals surface area (Å²) in [5, 5.41) is 3.77. The molecule has 0 amide bonds. The molecule has 1 N–H and O–H groups in total. The Morgan fingerprint density at radius 1 is 1.10 bits per heavy atom. The zero-order valence-electron chi connectivity index (χ0n) is 14.4. The monoisotopic (exact) mass is 280 g/mol. The Hall–Kier alpha value is -0.0800. The molecule has 1 aliphatic heterocycles. The minimum absolute atomic E-state index is 0.473. The van der Waals surface area contributed by atoms with Crippen molar-refractivity contribution in [3.63, 3.8) is 0 Å². The van der Waals surface area contributed by atoms with E-state index in [2.05, 4.69) is 44.8 Å². The molecule has 2 heteroatoms. The van der Waals surface area contributed by atoms with Crippen LogP contribution in [-0.2, 0) is 0 Å². The van der Waals surface area contributed by atoms with Crippen molar-refractivity contribution in [1.29, 1.82) is 0 Å². The first-order valence-corrected chi connectivity index (χ1v) is 8.93. The molecule has 4 unspecified atom stereocenters. The fraction of sp³-hybridized carbons (Fsp3) is 1.00. The van der Waals surface area contributed by atoms with Crippen LogP contribution in [-0.4, -0.2) is 36.6 Å². The van der Waals surface area contributed by atoms with Crippen LogP contribution in [0.4, 0.5) is 0 Å². The third-order valence-electron chi connectivity index (χ3n) is 5.88. The maximum absolute atomic E-state index is 3.77. The van der Waals surface area contributed by atoms with Crippen molar-refractivity contribution < 1.29 is 0 Å². The summed E-state index contributed by atoms with van der Waals surface area (Å²) in [6.45, 7) is 15.6. The highest BCUT2D eigenvalue weighted by atomic mass is 15.2. The van der Waals surface area contributed by atoms with Crippen LogP contribution in [0.2, 0.25) is 0 Å². The summed E-state index contributed by atoms with van der Waals surface area (Å²) < 4.78 is 0. The molecule has 0 spiro atoms. The van der Waals surface area contributed by atoms with E-state index >= 15 is 0 Å². The Kier molecular flexibility index (Phi) is 5.53. The Morgan fingerprint density at radius 2 is 1.85 bits per heavy atom. The maximum Gasteiger partial charge on any atom is 0.0252 e. The number of likely N-dealkylation sites (N-methyl/N-ethyl adjacent to an activating group) is 1. The van der Waals surface area contributed by atoms with Gasteiger partial charge < -0.3 is 5.32 Å². The van der Waals surface area contributed by atoms with Gasteiger partial charge in [0, 0.05) is 18.6 Å². The van der Waals surface area contributed by atoms with E-state index < -0.39 is 0 Å². The summed E-state index contributed by atoms with van der Waals surface area (Å²) >= 11 is 0. The molecule has 20 heavy (non-hydrogen) atoms. The minimum Gasteiger partial charge on any atom is -0.313 e. The van der Waals surface area contributed by atoms with Crippen molar-refractivity contribution in [1.82, 2.24) is 10.2 Å². The SMILES string of the molecule is CCNC1CCC(CC)CC1N1CCC(C(C)(C)C)C1. The molecule has 0 aromatic heterocycles. The first-order chi connectivity index (χ1) is 9.45. The lowest BCUT2D eigenvalue weighted by Crippen LogP contribution is -2.52. The normalized spacial score (nSPS) is 36.5. The number of nitrogens with zero attached hydrogens (tertiary/aromatic N) is 1. The van der Waals surface area contributed by atoms with Crippen molar-refractivity contribution in [2.24, 2.45) is 17.3 Å². The third-order valence-corrected chi connectivity index (χ3v) is 5.88. The predicted octanol–water partition coefficient (Wildman–Crippen LogP) is 3.91. The maximum atomic E-state index is 3.77. The molecule has 0 aromatic carbocycles. The molecule has 2 rings (SSSR count). The van der Waals surface area contributed by atoms with Gasteiger partial charge in [-0.3, -0.25) is 4.90 Å². The van der Waals surface area contributed by atoms with Crippen molar-refractivity contribution in [3.8, 4) is 0 Å². The highest BCUT2D eigenvalue weighted by Gasteiger charge is 2.39. The quantitative estimate of drug-likeness (QED) is 0.840. The average molecular weight is 280 g/mol. The number of hydrogen-bond donors (Lipinski definition) is 1. The standard InChI is InChI=1S/C18H36N2/c1-6-14-8-9-16(19-7-2)17(12-14)20-11-10-15(13-20)18(3,4)5/h14-17,19H,6-13H2,1-5H3.